The minimum absolute atomic E-state index is 0.147. The van der Waals surface area contributed by atoms with E-state index in [1.807, 2.05) is 5.32 Å². The average Bonchev–Trinajstić information content (AvgIpc) is 2.36. The van der Waals surface area contributed by atoms with Gasteiger partial charge in [-0.2, -0.15) is 0 Å². The summed E-state index contributed by atoms with van der Waals surface area (Å²) in [4.78, 5) is 11.5. The summed E-state index contributed by atoms with van der Waals surface area (Å²) in [6.07, 6.45) is -1.02. The van der Waals surface area contributed by atoms with Crippen LogP contribution in [0.1, 0.15) is 6.92 Å². The molecular formula is C12H15F3N2O2. The molecule has 3 N–H and O–H groups in total. The van der Waals surface area contributed by atoms with Gasteiger partial charge in [-0.3, -0.25) is 4.79 Å². The third kappa shape index (κ3) is 5.17. The summed E-state index contributed by atoms with van der Waals surface area (Å²) in [5.74, 6) is -4.25. The Labute approximate surface area is 108 Å². The van der Waals surface area contributed by atoms with E-state index >= 15 is 0 Å². The topological polar surface area (TPSA) is 64.3 Å². The molecule has 1 aromatic rings. The predicted octanol–water partition coefficient (Wildman–Crippen LogP) is 1.30. The van der Waals surface area contributed by atoms with Gasteiger partial charge in [0.25, 0.3) is 11.8 Å². The van der Waals surface area contributed by atoms with E-state index < -0.39 is 36.8 Å². The number of carbonyl (C=O) groups excluding carboxylic acids is 1. The van der Waals surface area contributed by atoms with Crippen LogP contribution in [0.25, 0.3) is 0 Å². The highest BCUT2D eigenvalue weighted by atomic mass is 19.3. The Bertz CT molecular complexity index is 441. The number of benzene rings is 1. The van der Waals surface area contributed by atoms with Gasteiger partial charge in [0.15, 0.2) is 6.10 Å². The van der Waals surface area contributed by atoms with Gasteiger partial charge in [0.1, 0.15) is 11.6 Å². The van der Waals surface area contributed by atoms with Crippen molar-refractivity contribution in [3.05, 3.63) is 30.1 Å². The normalized spacial score (nSPS) is 12.9. The van der Waals surface area contributed by atoms with Crippen molar-refractivity contribution in [3.8, 4) is 5.75 Å². The van der Waals surface area contributed by atoms with E-state index in [1.165, 1.54) is 25.1 Å². The van der Waals surface area contributed by atoms with Gasteiger partial charge in [0.05, 0.1) is 13.1 Å². The van der Waals surface area contributed by atoms with Crippen molar-refractivity contribution in [1.82, 2.24) is 5.32 Å². The van der Waals surface area contributed by atoms with Crippen molar-refractivity contribution in [2.75, 3.05) is 13.1 Å². The Morgan fingerprint density at radius 3 is 2.79 bits per heavy atom. The molecule has 1 aromatic carbocycles. The van der Waals surface area contributed by atoms with E-state index in [0.717, 1.165) is 6.07 Å². The number of hydrogen-bond acceptors (Lipinski definition) is 3. The van der Waals surface area contributed by atoms with Crippen LogP contribution in [0.5, 0.6) is 5.75 Å². The maximum Gasteiger partial charge on any atom is 0.277 e. The maximum absolute atomic E-state index is 12.9. The molecule has 4 nitrogen and oxygen atoms in total. The summed E-state index contributed by atoms with van der Waals surface area (Å²) in [6, 6.07) is 5.19. The van der Waals surface area contributed by atoms with Crippen LogP contribution < -0.4 is 15.8 Å². The van der Waals surface area contributed by atoms with Crippen molar-refractivity contribution in [2.45, 2.75) is 19.0 Å². The van der Waals surface area contributed by atoms with Crippen molar-refractivity contribution in [2.24, 2.45) is 5.73 Å². The number of nitrogens with one attached hydrogen (secondary N) is 1. The predicted molar refractivity (Wildman–Crippen MR) is 63.5 cm³/mol. The number of hydrogen-bond donors (Lipinski definition) is 2. The van der Waals surface area contributed by atoms with Gasteiger partial charge in [0, 0.05) is 6.07 Å². The van der Waals surface area contributed by atoms with Gasteiger partial charge in [-0.1, -0.05) is 6.07 Å². The maximum atomic E-state index is 12.9. The lowest BCUT2D eigenvalue weighted by atomic mass is 10.3. The van der Waals surface area contributed by atoms with Gasteiger partial charge < -0.3 is 15.8 Å². The van der Waals surface area contributed by atoms with Crippen LogP contribution in [0, 0.1) is 5.82 Å². The van der Waals surface area contributed by atoms with Crippen molar-refractivity contribution in [1.29, 1.82) is 0 Å². The monoisotopic (exact) mass is 276 g/mol. The zero-order valence-corrected chi connectivity index (χ0v) is 10.3. The Morgan fingerprint density at radius 2 is 2.21 bits per heavy atom. The largest absolute Gasteiger partial charge is 0.481 e. The van der Waals surface area contributed by atoms with Gasteiger partial charge in [-0.15, -0.1) is 0 Å². The number of amides is 1. The number of nitrogens with two attached hydrogens (primary N) is 1. The van der Waals surface area contributed by atoms with Crippen LogP contribution in [0.4, 0.5) is 13.2 Å². The zero-order chi connectivity index (χ0) is 14.5. The SMILES string of the molecule is CC(Oc1cccc(F)c1)C(=O)NCC(F)(F)CN. The summed E-state index contributed by atoms with van der Waals surface area (Å²) in [5, 5.41) is 2.02. The molecule has 0 radical (unpaired) electrons. The summed E-state index contributed by atoms with van der Waals surface area (Å²) in [5.41, 5.74) is 4.83. The highest BCUT2D eigenvalue weighted by Gasteiger charge is 2.28. The number of alkyl halides is 2. The number of rotatable bonds is 6. The molecule has 0 spiro atoms. The number of carbonyl (C=O) groups is 1. The van der Waals surface area contributed by atoms with Crippen LogP contribution in [0.3, 0.4) is 0 Å². The third-order valence-corrected chi connectivity index (χ3v) is 2.30. The molecule has 0 bridgehead atoms. The molecule has 1 atom stereocenters. The fraction of sp³-hybridized carbons (Fsp3) is 0.417. The van der Waals surface area contributed by atoms with Crippen molar-refractivity contribution < 1.29 is 22.7 Å². The first-order valence-corrected chi connectivity index (χ1v) is 5.62. The van der Waals surface area contributed by atoms with Crippen molar-refractivity contribution in [3.63, 3.8) is 0 Å². The summed E-state index contributed by atoms with van der Waals surface area (Å²) < 4.78 is 43.7. The number of ether oxygens (including phenoxy) is 1. The lowest BCUT2D eigenvalue weighted by Crippen LogP contribution is -2.45. The average molecular weight is 276 g/mol. The van der Waals surface area contributed by atoms with Crippen LogP contribution in [-0.4, -0.2) is 31.0 Å². The molecular weight excluding hydrogens is 261 g/mol. The molecule has 1 rings (SSSR count). The lowest BCUT2D eigenvalue weighted by Gasteiger charge is -2.18. The minimum atomic E-state index is -3.16. The lowest BCUT2D eigenvalue weighted by molar-refractivity contribution is -0.129. The zero-order valence-electron chi connectivity index (χ0n) is 10.3. The second-order valence-corrected chi connectivity index (χ2v) is 4.00. The van der Waals surface area contributed by atoms with Gasteiger partial charge in [-0.05, 0) is 19.1 Å². The number of halogens is 3. The van der Waals surface area contributed by atoms with E-state index in [2.05, 4.69) is 0 Å². The minimum Gasteiger partial charge on any atom is -0.481 e. The van der Waals surface area contributed by atoms with E-state index in [-0.39, 0.29) is 5.75 Å². The quantitative estimate of drug-likeness (QED) is 0.823. The summed E-state index contributed by atoms with van der Waals surface area (Å²) in [7, 11) is 0. The molecule has 7 heteroatoms. The molecule has 1 unspecified atom stereocenters. The second-order valence-electron chi connectivity index (χ2n) is 4.00. The van der Waals surface area contributed by atoms with Crippen molar-refractivity contribution >= 4 is 5.91 Å². The molecule has 19 heavy (non-hydrogen) atoms. The Balaban J connectivity index is 2.49. The molecule has 0 fully saturated rings. The molecule has 0 heterocycles. The smallest absolute Gasteiger partial charge is 0.277 e. The Morgan fingerprint density at radius 1 is 1.53 bits per heavy atom. The fourth-order valence-corrected chi connectivity index (χ4v) is 1.23. The first kappa shape index (κ1) is 15.3. The molecule has 0 aliphatic carbocycles. The molecule has 0 saturated heterocycles. The molecule has 0 aliphatic rings. The van der Waals surface area contributed by atoms with Crippen LogP contribution in [-0.2, 0) is 4.79 Å². The molecule has 0 saturated carbocycles. The van der Waals surface area contributed by atoms with E-state index in [0.29, 0.717) is 0 Å². The standard InChI is InChI=1S/C12H15F3N2O2/c1-8(11(18)17-7-12(14,15)6-16)19-10-4-2-3-9(13)5-10/h2-5,8H,6-7,16H2,1H3,(H,17,18). The van der Waals surface area contributed by atoms with E-state index in [9.17, 15) is 18.0 Å². The van der Waals surface area contributed by atoms with Crippen LogP contribution in [0.15, 0.2) is 24.3 Å². The Hall–Kier alpha value is -1.76. The molecule has 0 aliphatic heterocycles. The van der Waals surface area contributed by atoms with Gasteiger partial charge in [-0.25, -0.2) is 13.2 Å². The van der Waals surface area contributed by atoms with E-state index in [4.69, 9.17) is 10.5 Å². The first-order valence-electron chi connectivity index (χ1n) is 5.62. The summed E-state index contributed by atoms with van der Waals surface area (Å²) in [6.45, 7) is -0.341. The van der Waals surface area contributed by atoms with E-state index in [1.54, 1.807) is 0 Å². The van der Waals surface area contributed by atoms with Gasteiger partial charge in [0.2, 0.25) is 0 Å². The Kier molecular flexibility index (Phi) is 5.17. The third-order valence-electron chi connectivity index (χ3n) is 2.30. The fourth-order valence-electron chi connectivity index (χ4n) is 1.23. The molecule has 0 aromatic heterocycles. The summed E-state index contributed by atoms with van der Waals surface area (Å²) >= 11 is 0. The van der Waals surface area contributed by atoms with Gasteiger partial charge >= 0.3 is 0 Å². The first-order chi connectivity index (χ1) is 8.84. The van der Waals surface area contributed by atoms with Crippen LogP contribution >= 0.6 is 0 Å². The molecule has 1 amide bonds. The highest BCUT2D eigenvalue weighted by molar-refractivity contribution is 5.80. The van der Waals surface area contributed by atoms with Crippen LogP contribution in [0.2, 0.25) is 0 Å². The highest BCUT2D eigenvalue weighted by Crippen LogP contribution is 2.14. The second kappa shape index (κ2) is 6.42. The molecule has 106 valence electrons.